The van der Waals surface area contributed by atoms with Crippen molar-refractivity contribution in [3.05, 3.63) is 35.7 Å². The molecule has 2 bridgehead atoms. The van der Waals surface area contributed by atoms with Crippen molar-refractivity contribution in [2.24, 2.45) is 0 Å². The van der Waals surface area contributed by atoms with Gasteiger partial charge in [-0.3, -0.25) is 14.9 Å². The minimum absolute atomic E-state index is 0.289. The molecule has 2 aliphatic heterocycles. The number of aromatic nitrogens is 2. The van der Waals surface area contributed by atoms with E-state index in [1.54, 1.807) is 12.4 Å². The zero-order valence-corrected chi connectivity index (χ0v) is 14.7. The van der Waals surface area contributed by atoms with E-state index in [4.69, 9.17) is 4.74 Å². The van der Waals surface area contributed by atoms with E-state index in [-0.39, 0.29) is 11.8 Å². The van der Waals surface area contributed by atoms with E-state index in [9.17, 15) is 20.4 Å². The van der Waals surface area contributed by atoms with Gasteiger partial charge in [0.25, 0.3) is 0 Å². The summed E-state index contributed by atoms with van der Waals surface area (Å²) in [6.45, 7) is 0.945. The fraction of sp³-hybridized carbons (Fsp3) is 0.579. The Hall–Kier alpha value is -1.68. The van der Waals surface area contributed by atoms with Crippen LogP contribution in [0, 0.1) is 0 Å². The monoisotopic (exact) mass is 373 g/mol. The molecular formula is C19H23N3O5. The summed E-state index contributed by atoms with van der Waals surface area (Å²) in [5.74, 6) is 0.579. The Morgan fingerprint density at radius 3 is 2.07 bits per heavy atom. The molecule has 2 aromatic rings. The summed E-state index contributed by atoms with van der Waals surface area (Å²) in [7, 11) is 0. The first kappa shape index (κ1) is 17.4. The second kappa shape index (κ2) is 6.44. The van der Waals surface area contributed by atoms with E-state index in [0.29, 0.717) is 13.1 Å². The number of likely N-dealkylation sites (tertiary alicyclic amines) is 1. The fourth-order valence-electron chi connectivity index (χ4n) is 4.93. The van der Waals surface area contributed by atoms with Gasteiger partial charge in [-0.05, 0) is 41.5 Å². The van der Waals surface area contributed by atoms with Crippen LogP contribution >= 0.6 is 0 Å². The van der Waals surface area contributed by atoms with Gasteiger partial charge >= 0.3 is 0 Å². The Labute approximate surface area is 156 Å². The summed E-state index contributed by atoms with van der Waals surface area (Å²) < 4.78 is 5.76. The van der Waals surface area contributed by atoms with Crippen molar-refractivity contribution in [2.45, 2.75) is 48.9 Å². The van der Waals surface area contributed by atoms with Crippen LogP contribution in [-0.4, -0.2) is 85.6 Å². The van der Waals surface area contributed by atoms with Crippen molar-refractivity contribution < 1.29 is 25.2 Å². The summed E-state index contributed by atoms with van der Waals surface area (Å²) >= 11 is 0. The molecule has 0 spiro atoms. The van der Waals surface area contributed by atoms with Crippen LogP contribution in [0.3, 0.4) is 0 Å². The minimum atomic E-state index is -1.35. The Morgan fingerprint density at radius 2 is 1.52 bits per heavy atom. The first-order valence-corrected chi connectivity index (χ1v) is 9.36. The zero-order valence-electron chi connectivity index (χ0n) is 14.7. The molecule has 1 aromatic carbocycles. The highest BCUT2D eigenvalue weighted by Gasteiger charge is 2.49. The van der Waals surface area contributed by atoms with Crippen molar-refractivity contribution >= 4 is 11.0 Å². The lowest BCUT2D eigenvalue weighted by Crippen LogP contribution is -2.64. The highest BCUT2D eigenvalue weighted by atomic mass is 16.6. The average molecular weight is 373 g/mol. The normalized spacial score (nSPS) is 38.9. The van der Waals surface area contributed by atoms with Gasteiger partial charge in [0.1, 0.15) is 30.6 Å². The molecule has 0 unspecified atom stereocenters. The SMILES string of the molecule is OC[C@@H]1O[C@@H](N2C[C@@H]3C[C@@H](C2)c2cc4nccnc4cc23)[C@H](O)[C@@H](O)[C@@H]1O. The predicted molar refractivity (Wildman–Crippen MR) is 95.0 cm³/mol. The predicted octanol–water partition coefficient (Wildman–Crippen LogP) is -0.684. The third-order valence-corrected chi connectivity index (χ3v) is 6.26. The van der Waals surface area contributed by atoms with Gasteiger partial charge in [0.15, 0.2) is 0 Å². The smallest absolute Gasteiger partial charge is 0.140 e. The summed E-state index contributed by atoms with van der Waals surface area (Å²) in [6.07, 6.45) is -1.14. The van der Waals surface area contributed by atoms with Crippen LogP contribution in [0.4, 0.5) is 0 Å². The lowest BCUT2D eigenvalue weighted by molar-refractivity contribution is -0.267. The number of aliphatic hydroxyl groups excluding tert-OH is 4. The molecule has 8 nitrogen and oxygen atoms in total. The third kappa shape index (κ3) is 2.67. The Balaban J connectivity index is 1.44. The van der Waals surface area contributed by atoms with Crippen molar-refractivity contribution in [3.63, 3.8) is 0 Å². The Kier molecular flexibility index (Phi) is 4.15. The Bertz CT molecular complexity index is 812. The number of ether oxygens (including phenoxy) is 1. The molecule has 4 N–H and O–H groups in total. The second-order valence-corrected chi connectivity index (χ2v) is 7.83. The van der Waals surface area contributed by atoms with Gasteiger partial charge in [-0.15, -0.1) is 0 Å². The van der Waals surface area contributed by atoms with Crippen molar-refractivity contribution in [1.82, 2.24) is 14.9 Å². The van der Waals surface area contributed by atoms with Gasteiger partial charge in [0.2, 0.25) is 0 Å². The molecular weight excluding hydrogens is 350 g/mol. The molecule has 144 valence electrons. The zero-order chi connectivity index (χ0) is 18.7. The maximum atomic E-state index is 10.5. The first-order valence-electron chi connectivity index (χ1n) is 9.36. The van der Waals surface area contributed by atoms with E-state index in [1.807, 2.05) is 4.90 Å². The van der Waals surface area contributed by atoms with E-state index in [2.05, 4.69) is 22.1 Å². The van der Waals surface area contributed by atoms with Crippen molar-refractivity contribution in [2.75, 3.05) is 19.7 Å². The van der Waals surface area contributed by atoms with E-state index in [1.165, 1.54) is 11.1 Å². The summed E-state index contributed by atoms with van der Waals surface area (Å²) in [5.41, 5.74) is 4.28. The first-order chi connectivity index (χ1) is 13.1. The molecule has 2 saturated heterocycles. The van der Waals surface area contributed by atoms with Gasteiger partial charge < -0.3 is 25.2 Å². The third-order valence-electron chi connectivity index (χ3n) is 6.26. The minimum Gasteiger partial charge on any atom is -0.394 e. The molecule has 5 rings (SSSR count). The van der Waals surface area contributed by atoms with Crippen LogP contribution in [0.1, 0.15) is 29.4 Å². The molecule has 0 saturated carbocycles. The maximum Gasteiger partial charge on any atom is 0.140 e. The van der Waals surface area contributed by atoms with Gasteiger partial charge in [-0.1, -0.05) is 0 Å². The second-order valence-electron chi connectivity index (χ2n) is 7.83. The Morgan fingerprint density at radius 1 is 0.926 bits per heavy atom. The topological polar surface area (TPSA) is 119 Å². The number of hydrogen-bond acceptors (Lipinski definition) is 8. The lowest BCUT2D eigenvalue weighted by atomic mass is 9.92. The summed E-state index contributed by atoms with van der Waals surface area (Å²) in [4.78, 5) is 10.8. The van der Waals surface area contributed by atoms with E-state index >= 15 is 0 Å². The number of fused-ring (bicyclic) bond motifs is 6. The molecule has 2 fully saturated rings. The molecule has 8 heteroatoms. The van der Waals surface area contributed by atoms with Gasteiger partial charge in [0, 0.05) is 25.5 Å². The molecule has 3 heterocycles. The van der Waals surface area contributed by atoms with Crippen LogP contribution in [0.2, 0.25) is 0 Å². The number of aliphatic hydroxyl groups is 4. The number of rotatable bonds is 2. The number of nitrogens with zero attached hydrogens (tertiary/aromatic N) is 3. The fourth-order valence-corrected chi connectivity index (χ4v) is 4.93. The highest BCUT2D eigenvalue weighted by Crippen LogP contribution is 2.47. The maximum absolute atomic E-state index is 10.5. The molecule has 27 heavy (non-hydrogen) atoms. The van der Waals surface area contributed by atoms with Crippen LogP contribution in [0.25, 0.3) is 11.0 Å². The number of hydrogen-bond donors (Lipinski definition) is 4. The standard InChI is InChI=1S/C19H23N3O5/c23-8-15-16(24)17(25)18(26)19(27-15)22-6-9-3-10(7-22)12-5-14-13(4-11(9)12)20-1-2-21-14/h1-2,4-5,9-10,15-19,23-26H,3,6-8H2/t9-,10-,15-,16+,17-,18+,19+/m0/s1. The highest BCUT2D eigenvalue weighted by molar-refractivity contribution is 5.77. The van der Waals surface area contributed by atoms with Crippen LogP contribution < -0.4 is 0 Å². The van der Waals surface area contributed by atoms with Crippen molar-refractivity contribution in [1.29, 1.82) is 0 Å². The van der Waals surface area contributed by atoms with Gasteiger partial charge in [0.05, 0.1) is 17.6 Å². The molecule has 7 atom stereocenters. The van der Waals surface area contributed by atoms with Crippen molar-refractivity contribution in [3.8, 4) is 0 Å². The molecule has 1 aliphatic carbocycles. The molecule has 3 aliphatic rings. The van der Waals surface area contributed by atoms with Gasteiger partial charge in [-0.2, -0.15) is 0 Å². The molecule has 1 aromatic heterocycles. The van der Waals surface area contributed by atoms with E-state index in [0.717, 1.165) is 17.5 Å². The average Bonchev–Trinajstić information content (AvgIpc) is 2.94. The number of benzene rings is 1. The number of piperidine rings is 1. The van der Waals surface area contributed by atoms with Crippen LogP contribution in [0.5, 0.6) is 0 Å². The molecule has 0 radical (unpaired) electrons. The van der Waals surface area contributed by atoms with E-state index < -0.39 is 37.3 Å². The summed E-state index contributed by atoms with van der Waals surface area (Å²) in [6, 6.07) is 4.22. The van der Waals surface area contributed by atoms with Crippen LogP contribution in [0.15, 0.2) is 24.5 Å². The van der Waals surface area contributed by atoms with Gasteiger partial charge in [-0.25, -0.2) is 0 Å². The lowest BCUT2D eigenvalue weighted by Gasteiger charge is -2.46. The quantitative estimate of drug-likeness (QED) is 0.547. The largest absolute Gasteiger partial charge is 0.394 e. The van der Waals surface area contributed by atoms with Crippen LogP contribution in [-0.2, 0) is 4.74 Å². The summed E-state index contributed by atoms with van der Waals surface area (Å²) in [5, 5.41) is 40.0. The molecule has 0 amide bonds.